The standard InChI is InChI=1S/C16H15FN2O6/c17-12-13(21)10(8-24-15(22)9-4-2-1-3-5-9)25-14(12)19-7-6-11(20)18-16(19)23/h1-7,10,12-14,21H,8H2,(H,18,20,23)/t10-,12+,13-,14-/m1/s1. The molecular weight excluding hydrogens is 335 g/mol. The molecule has 1 aliphatic rings. The number of aromatic nitrogens is 2. The lowest BCUT2D eigenvalue weighted by molar-refractivity contribution is -0.0556. The van der Waals surface area contributed by atoms with Crippen molar-refractivity contribution in [2.45, 2.75) is 24.6 Å². The highest BCUT2D eigenvalue weighted by Crippen LogP contribution is 2.31. The van der Waals surface area contributed by atoms with Crippen molar-refractivity contribution in [3.63, 3.8) is 0 Å². The first-order valence-electron chi connectivity index (χ1n) is 7.48. The summed E-state index contributed by atoms with van der Waals surface area (Å²) < 4.78 is 25.5. The molecule has 3 rings (SSSR count). The molecule has 1 aromatic heterocycles. The van der Waals surface area contributed by atoms with Gasteiger partial charge in [-0.05, 0) is 12.1 Å². The van der Waals surface area contributed by atoms with Crippen LogP contribution in [0.4, 0.5) is 4.39 Å². The lowest BCUT2D eigenvalue weighted by atomic mass is 10.1. The Kier molecular flexibility index (Phi) is 4.77. The van der Waals surface area contributed by atoms with Gasteiger partial charge in [-0.1, -0.05) is 18.2 Å². The lowest BCUT2D eigenvalue weighted by Gasteiger charge is -2.15. The summed E-state index contributed by atoms with van der Waals surface area (Å²) in [6.45, 7) is -0.385. The van der Waals surface area contributed by atoms with E-state index >= 15 is 0 Å². The van der Waals surface area contributed by atoms with Gasteiger partial charge in [0.15, 0.2) is 12.4 Å². The van der Waals surface area contributed by atoms with Crippen LogP contribution >= 0.6 is 0 Å². The number of nitrogens with zero attached hydrogens (tertiary/aromatic N) is 1. The predicted octanol–water partition coefficient (Wildman–Crippen LogP) is -0.01000. The minimum atomic E-state index is -1.93. The van der Waals surface area contributed by atoms with Crippen LogP contribution in [0.25, 0.3) is 0 Å². The molecular formula is C16H15FN2O6. The number of ether oxygens (including phenoxy) is 2. The largest absolute Gasteiger partial charge is 0.459 e. The normalized spacial score (nSPS) is 25.7. The van der Waals surface area contributed by atoms with Crippen LogP contribution < -0.4 is 11.2 Å². The van der Waals surface area contributed by atoms with Crippen LogP contribution in [0.2, 0.25) is 0 Å². The van der Waals surface area contributed by atoms with E-state index in [9.17, 15) is 23.9 Å². The molecule has 0 unspecified atom stereocenters. The van der Waals surface area contributed by atoms with Crippen molar-refractivity contribution in [1.29, 1.82) is 0 Å². The van der Waals surface area contributed by atoms with Crippen molar-refractivity contribution in [3.05, 3.63) is 69.0 Å². The van der Waals surface area contributed by atoms with Crippen LogP contribution in [0.3, 0.4) is 0 Å². The highest BCUT2D eigenvalue weighted by atomic mass is 19.1. The molecule has 0 amide bonds. The van der Waals surface area contributed by atoms with Gasteiger partial charge >= 0.3 is 11.7 Å². The Bertz CT molecular complexity index is 865. The van der Waals surface area contributed by atoms with Crippen LogP contribution in [0.5, 0.6) is 0 Å². The second kappa shape index (κ2) is 6.99. The summed E-state index contributed by atoms with van der Waals surface area (Å²) in [5.41, 5.74) is -1.20. The molecule has 1 saturated heterocycles. The van der Waals surface area contributed by atoms with Gasteiger partial charge in [0.1, 0.15) is 18.8 Å². The second-order valence-corrected chi connectivity index (χ2v) is 5.48. The maximum absolute atomic E-state index is 14.3. The smallest absolute Gasteiger partial charge is 0.338 e. The minimum absolute atomic E-state index is 0.306. The average molecular weight is 350 g/mol. The minimum Gasteiger partial charge on any atom is -0.459 e. The van der Waals surface area contributed by atoms with Crippen molar-refractivity contribution in [2.24, 2.45) is 0 Å². The van der Waals surface area contributed by atoms with Gasteiger partial charge in [0, 0.05) is 12.3 Å². The zero-order valence-corrected chi connectivity index (χ0v) is 12.9. The molecule has 0 spiro atoms. The van der Waals surface area contributed by atoms with Gasteiger partial charge in [0.25, 0.3) is 5.56 Å². The fourth-order valence-electron chi connectivity index (χ4n) is 2.51. The quantitative estimate of drug-likeness (QED) is 0.751. The number of esters is 1. The molecule has 1 fully saturated rings. The van der Waals surface area contributed by atoms with Crippen LogP contribution in [-0.4, -0.2) is 45.6 Å². The first kappa shape index (κ1) is 17.1. The number of alkyl halides is 1. The molecule has 2 N–H and O–H groups in total. The Labute approximate surface area is 140 Å². The summed E-state index contributed by atoms with van der Waals surface area (Å²) in [6, 6.07) is 9.19. The van der Waals surface area contributed by atoms with Crippen LogP contribution in [0, 0.1) is 0 Å². The molecule has 0 radical (unpaired) electrons. The van der Waals surface area contributed by atoms with E-state index in [1.165, 1.54) is 0 Å². The molecule has 0 bridgehead atoms. The average Bonchev–Trinajstić information content (AvgIpc) is 2.89. The van der Waals surface area contributed by atoms with E-state index in [1.807, 2.05) is 4.98 Å². The van der Waals surface area contributed by atoms with Gasteiger partial charge < -0.3 is 14.6 Å². The molecule has 2 heterocycles. The Balaban J connectivity index is 1.69. The predicted molar refractivity (Wildman–Crippen MR) is 82.9 cm³/mol. The number of aliphatic hydroxyl groups excluding tert-OH is 1. The topological polar surface area (TPSA) is 111 Å². The first-order valence-corrected chi connectivity index (χ1v) is 7.48. The Morgan fingerprint density at radius 2 is 2.00 bits per heavy atom. The maximum atomic E-state index is 14.3. The summed E-state index contributed by atoms with van der Waals surface area (Å²) in [6.07, 6.45) is -5.02. The number of halogens is 1. The van der Waals surface area contributed by atoms with Gasteiger partial charge in [0.05, 0.1) is 5.56 Å². The number of carbonyl (C=O) groups is 1. The van der Waals surface area contributed by atoms with Crippen molar-refractivity contribution >= 4 is 5.97 Å². The van der Waals surface area contributed by atoms with Crippen molar-refractivity contribution in [2.75, 3.05) is 6.61 Å². The summed E-state index contributed by atoms with van der Waals surface area (Å²) in [5, 5.41) is 9.94. The fraction of sp³-hybridized carbons (Fsp3) is 0.312. The van der Waals surface area contributed by atoms with E-state index in [-0.39, 0.29) is 6.61 Å². The SMILES string of the molecule is O=C(OC[C@H]1O[C@@H](n2ccc(=O)[nH]c2=O)[C@@H](F)[C@@H]1O)c1ccccc1. The molecule has 1 aromatic carbocycles. The fourth-order valence-corrected chi connectivity index (χ4v) is 2.51. The van der Waals surface area contributed by atoms with Crippen LogP contribution in [0.15, 0.2) is 52.2 Å². The van der Waals surface area contributed by atoms with Gasteiger partial charge in [-0.25, -0.2) is 14.0 Å². The van der Waals surface area contributed by atoms with Crippen molar-refractivity contribution in [1.82, 2.24) is 9.55 Å². The Hall–Kier alpha value is -2.78. The number of H-pyrrole nitrogens is 1. The highest BCUT2D eigenvalue weighted by Gasteiger charge is 2.46. The molecule has 0 saturated carbocycles. The molecule has 8 nitrogen and oxygen atoms in total. The van der Waals surface area contributed by atoms with E-state index in [2.05, 4.69) is 0 Å². The number of aliphatic hydroxyl groups is 1. The van der Waals surface area contributed by atoms with Gasteiger partial charge in [-0.15, -0.1) is 0 Å². The summed E-state index contributed by atoms with van der Waals surface area (Å²) >= 11 is 0. The van der Waals surface area contributed by atoms with E-state index in [1.54, 1.807) is 30.3 Å². The molecule has 1 aliphatic heterocycles. The number of nitrogens with one attached hydrogen (secondary N) is 1. The van der Waals surface area contributed by atoms with E-state index in [0.717, 1.165) is 16.8 Å². The summed E-state index contributed by atoms with van der Waals surface area (Å²) in [5.74, 6) is -0.642. The summed E-state index contributed by atoms with van der Waals surface area (Å²) in [7, 11) is 0. The zero-order chi connectivity index (χ0) is 18.0. The zero-order valence-electron chi connectivity index (χ0n) is 12.9. The first-order chi connectivity index (χ1) is 12.0. The number of aromatic amines is 1. The molecule has 2 aromatic rings. The highest BCUT2D eigenvalue weighted by molar-refractivity contribution is 5.89. The molecule has 0 aliphatic carbocycles. The third-order valence-electron chi connectivity index (χ3n) is 3.81. The van der Waals surface area contributed by atoms with Crippen LogP contribution in [-0.2, 0) is 9.47 Å². The number of benzene rings is 1. The molecule has 132 valence electrons. The van der Waals surface area contributed by atoms with Crippen molar-refractivity contribution < 1.29 is 23.8 Å². The Morgan fingerprint density at radius 1 is 1.28 bits per heavy atom. The Morgan fingerprint density at radius 3 is 2.68 bits per heavy atom. The van der Waals surface area contributed by atoms with Gasteiger partial charge in [-0.3, -0.25) is 14.3 Å². The van der Waals surface area contributed by atoms with E-state index in [4.69, 9.17) is 9.47 Å². The number of carbonyl (C=O) groups excluding carboxylic acids is 1. The number of rotatable bonds is 4. The maximum Gasteiger partial charge on any atom is 0.338 e. The third-order valence-corrected chi connectivity index (χ3v) is 3.81. The van der Waals surface area contributed by atoms with E-state index < -0.39 is 41.8 Å². The molecule has 25 heavy (non-hydrogen) atoms. The van der Waals surface area contributed by atoms with Crippen molar-refractivity contribution in [3.8, 4) is 0 Å². The van der Waals surface area contributed by atoms with Gasteiger partial charge in [-0.2, -0.15) is 0 Å². The lowest BCUT2D eigenvalue weighted by Crippen LogP contribution is -2.35. The van der Waals surface area contributed by atoms with E-state index in [0.29, 0.717) is 5.56 Å². The summed E-state index contributed by atoms with van der Waals surface area (Å²) in [4.78, 5) is 36.7. The molecule has 9 heteroatoms. The van der Waals surface area contributed by atoms with Crippen LogP contribution in [0.1, 0.15) is 16.6 Å². The van der Waals surface area contributed by atoms with Gasteiger partial charge in [0.2, 0.25) is 0 Å². The number of hydrogen-bond acceptors (Lipinski definition) is 6. The number of hydrogen-bond donors (Lipinski definition) is 2. The molecule has 4 atom stereocenters. The monoisotopic (exact) mass is 350 g/mol. The second-order valence-electron chi connectivity index (χ2n) is 5.48. The third kappa shape index (κ3) is 3.52.